The summed E-state index contributed by atoms with van der Waals surface area (Å²) in [5.74, 6) is 0.242. The van der Waals surface area contributed by atoms with E-state index >= 15 is 0 Å². The minimum absolute atomic E-state index is 0.00223. The number of hydrogen-bond acceptors (Lipinski definition) is 2. The van der Waals surface area contributed by atoms with Crippen LogP contribution in [0.25, 0.3) is 0 Å². The van der Waals surface area contributed by atoms with Crippen LogP contribution in [0.2, 0.25) is 0 Å². The molecule has 0 unspecified atom stereocenters. The number of carbonyl (C=O) groups excluding carboxylic acids is 1. The van der Waals surface area contributed by atoms with Gasteiger partial charge in [0.15, 0.2) is 0 Å². The molecule has 0 spiro atoms. The SMILES string of the molecule is Cc1cc(NC(=O)CC(C)(C)C)ccc1O. The topological polar surface area (TPSA) is 49.3 Å². The first-order valence-electron chi connectivity index (χ1n) is 5.37. The number of carbonyl (C=O) groups is 1. The lowest BCUT2D eigenvalue weighted by molar-refractivity contribution is -0.117. The molecule has 1 aromatic rings. The molecule has 16 heavy (non-hydrogen) atoms. The molecule has 3 heteroatoms. The van der Waals surface area contributed by atoms with E-state index in [0.717, 1.165) is 11.3 Å². The summed E-state index contributed by atoms with van der Waals surface area (Å²) < 4.78 is 0. The molecule has 2 N–H and O–H groups in total. The summed E-state index contributed by atoms with van der Waals surface area (Å²) in [5.41, 5.74) is 1.47. The van der Waals surface area contributed by atoms with Gasteiger partial charge in [0.25, 0.3) is 0 Å². The third-order valence-corrected chi connectivity index (χ3v) is 2.17. The first kappa shape index (κ1) is 12.6. The monoisotopic (exact) mass is 221 g/mol. The van der Waals surface area contributed by atoms with E-state index in [1.165, 1.54) is 0 Å². The zero-order valence-corrected chi connectivity index (χ0v) is 10.3. The molecule has 0 aliphatic carbocycles. The van der Waals surface area contributed by atoms with Crippen molar-refractivity contribution in [2.75, 3.05) is 5.32 Å². The molecule has 0 fully saturated rings. The van der Waals surface area contributed by atoms with E-state index in [9.17, 15) is 9.90 Å². The Balaban J connectivity index is 2.67. The molecule has 88 valence electrons. The highest BCUT2D eigenvalue weighted by atomic mass is 16.3. The van der Waals surface area contributed by atoms with Gasteiger partial charge in [-0.2, -0.15) is 0 Å². The first-order valence-corrected chi connectivity index (χ1v) is 5.37. The van der Waals surface area contributed by atoms with Crippen LogP contribution in [-0.2, 0) is 4.79 Å². The average molecular weight is 221 g/mol. The lowest BCUT2D eigenvalue weighted by atomic mass is 9.92. The van der Waals surface area contributed by atoms with Gasteiger partial charge in [-0.15, -0.1) is 0 Å². The van der Waals surface area contributed by atoms with Crippen LogP contribution in [0.4, 0.5) is 5.69 Å². The van der Waals surface area contributed by atoms with E-state index in [1.54, 1.807) is 25.1 Å². The molecule has 0 atom stereocenters. The van der Waals surface area contributed by atoms with Crippen LogP contribution < -0.4 is 5.32 Å². The van der Waals surface area contributed by atoms with Gasteiger partial charge in [-0.05, 0) is 36.1 Å². The van der Waals surface area contributed by atoms with Crippen molar-refractivity contribution in [2.24, 2.45) is 5.41 Å². The Labute approximate surface area is 96.5 Å². The number of aromatic hydroxyl groups is 1. The van der Waals surface area contributed by atoms with Gasteiger partial charge in [-0.1, -0.05) is 20.8 Å². The first-order chi connectivity index (χ1) is 7.28. The third-order valence-electron chi connectivity index (χ3n) is 2.17. The average Bonchev–Trinajstić information content (AvgIpc) is 2.08. The number of benzene rings is 1. The fourth-order valence-electron chi connectivity index (χ4n) is 1.42. The van der Waals surface area contributed by atoms with Crippen LogP contribution >= 0.6 is 0 Å². The van der Waals surface area contributed by atoms with Crippen molar-refractivity contribution in [1.29, 1.82) is 0 Å². The van der Waals surface area contributed by atoms with Crippen molar-refractivity contribution in [2.45, 2.75) is 34.1 Å². The fourth-order valence-corrected chi connectivity index (χ4v) is 1.42. The molecule has 0 saturated heterocycles. The maximum absolute atomic E-state index is 11.7. The van der Waals surface area contributed by atoms with Crippen molar-refractivity contribution in [1.82, 2.24) is 0 Å². The predicted molar refractivity (Wildman–Crippen MR) is 65.5 cm³/mol. The van der Waals surface area contributed by atoms with Gasteiger partial charge in [0, 0.05) is 12.1 Å². The number of rotatable bonds is 2. The van der Waals surface area contributed by atoms with E-state index in [-0.39, 0.29) is 17.1 Å². The van der Waals surface area contributed by atoms with E-state index in [2.05, 4.69) is 5.32 Å². The van der Waals surface area contributed by atoms with Crippen LogP contribution in [0.5, 0.6) is 5.75 Å². The smallest absolute Gasteiger partial charge is 0.224 e. The van der Waals surface area contributed by atoms with E-state index < -0.39 is 0 Å². The van der Waals surface area contributed by atoms with Gasteiger partial charge in [0.2, 0.25) is 5.91 Å². The van der Waals surface area contributed by atoms with Crippen LogP contribution in [-0.4, -0.2) is 11.0 Å². The van der Waals surface area contributed by atoms with Gasteiger partial charge in [0.05, 0.1) is 0 Å². The number of anilines is 1. The molecule has 3 nitrogen and oxygen atoms in total. The number of phenols is 1. The number of hydrogen-bond donors (Lipinski definition) is 2. The molecule has 1 amide bonds. The highest BCUT2D eigenvalue weighted by molar-refractivity contribution is 5.91. The molecular weight excluding hydrogens is 202 g/mol. The number of phenolic OH excluding ortho intramolecular Hbond substituents is 1. The third kappa shape index (κ3) is 3.93. The Kier molecular flexibility index (Phi) is 3.58. The van der Waals surface area contributed by atoms with Gasteiger partial charge in [-0.25, -0.2) is 0 Å². The minimum Gasteiger partial charge on any atom is -0.508 e. The van der Waals surface area contributed by atoms with Crippen LogP contribution in [0.3, 0.4) is 0 Å². The number of nitrogens with one attached hydrogen (secondary N) is 1. The molecule has 1 rings (SSSR count). The maximum Gasteiger partial charge on any atom is 0.224 e. The quantitative estimate of drug-likeness (QED) is 0.754. The molecular formula is C13H19NO2. The highest BCUT2D eigenvalue weighted by Gasteiger charge is 2.15. The Hall–Kier alpha value is -1.51. The second kappa shape index (κ2) is 4.56. The Morgan fingerprint density at radius 1 is 1.38 bits per heavy atom. The maximum atomic E-state index is 11.7. The normalized spacial score (nSPS) is 11.2. The largest absolute Gasteiger partial charge is 0.508 e. The van der Waals surface area contributed by atoms with Crippen LogP contribution in [0.1, 0.15) is 32.8 Å². The van der Waals surface area contributed by atoms with Crippen LogP contribution in [0, 0.1) is 12.3 Å². The lowest BCUT2D eigenvalue weighted by Gasteiger charge is -2.17. The molecule has 1 aromatic carbocycles. The zero-order chi connectivity index (χ0) is 12.3. The molecule has 0 aliphatic heterocycles. The van der Waals surface area contributed by atoms with Gasteiger partial charge in [-0.3, -0.25) is 4.79 Å². The second-order valence-electron chi connectivity index (χ2n) is 5.29. The summed E-state index contributed by atoms with van der Waals surface area (Å²) in [6.45, 7) is 7.87. The molecule has 0 bridgehead atoms. The fraction of sp³-hybridized carbons (Fsp3) is 0.462. The van der Waals surface area contributed by atoms with E-state index in [1.807, 2.05) is 20.8 Å². The Bertz CT molecular complexity index is 391. The summed E-state index contributed by atoms with van der Waals surface area (Å²) in [6.07, 6.45) is 0.479. The molecule has 0 aromatic heterocycles. The van der Waals surface area contributed by atoms with Crippen LogP contribution in [0.15, 0.2) is 18.2 Å². The highest BCUT2D eigenvalue weighted by Crippen LogP contribution is 2.22. The molecule has 0 saturated carbocycles. The Morgan fingerprint density at radius 2 is 2.00 bits per heavy atom. The summed E-state index contributed by atoms with van der Waals surface area (Å²) in [4.78, 5) is 11.7. The minimum atomic E-state index is -0.0178. The van der Waals surface area contributed by atoms with Gasteiger partial charge >= 0.3 is 0 Å². The van der Waals surface area contributed by atoms with Crippen molar-refractivity contribution >= 4 is 11.6 Å². The predicted octanol–water partition coefficient (Wildman–Crippen LogP) is 3.08. The Morgan fingerprint density at radius 3 is 2.50 bits per heavy atom. The van der Waals surface area contributed by atoms with E-state index in [0.29, 0.717) is 6.42 Å². The standard InChI is InChI=1S/C13H19NO2/c1-9-7-10(5-6-11(9)15)14-12(16)8-13(2,3)4/h5-7,15H,8H2,1-4H3,(H,14,16). The van der Waals surface area contributed by atoms with Crippen molar-refractivity contribution in [3.63, 3.8) is 0 Å². The lowest BCUT2D eigenvalue weighted by Crippen LogP contribution is -2.19. The van der Waals surface area contributed by atoms with Gasteiger partial charge < -0.3 is 10.4 Å². The summed E-state index contributed by atoms with van der Waals surface area (Å²) in [6, 6.07) is 5.04. The summed E-state index contributed by atoms with van der Waals surface area (Å²) in [7, 11) is 0. The molecule has 0 aliphatic rings. The molecule has 0 radical (unpaired) electrons. The zero-order valence-electron chi connectivity index (χ0n) is 10.3. The van der Waals surface area contributed by atoms with Crippen molar-refractivity contribution < 1.29 is 9.90 Å². The second-order valence-corrected chi connectivity index (χ2v) is 5.29. The summed E-state index contributed by atoms with van der Waals surface area (Å²) in [5, 5.41) is 12.2. The number of amides is 1. The van der Waals surface area contributed by atoms with Crippen molar-refractivity contribution in [3.8, 4) is 5.75 Å². The molecule has 0 heterocycles. The van der Waals surface area contributed by atoms with Gasteiger partial charge in [0.1, 0.15) is 5.75 Å². The van der Waals surface area contributed by atoms with E-state index in [4.69, 9.17) is 0 Å². The van der Waals surface area contributed by atoms with Crippen molar-refractivity contribution in [3.05, 3.63) is 23.8 Å². The number of aryl methyl sites for hydroxylation is 1. The summed E-state index contributed by atoms with van der Waals surface area (Å²) >= 11 is 0.